The third kappa shape index (κ3) is 3.27. The van der Waals surface area contributed by atoms with Crippen molar-refractivity contribution in [3.05, 3.63) is 12.4 Å². The van der Waals surface area contributed by atoms with Crippen molar-refractivity contribution in [2.75, 3.05) is 6.54 Å². The molecule has 0 aromatic carbocycles. The third-order valence-corrected chi connectivity index (χ3v) is 1.73. The summed E-state index contributed by atoms with van der Waals surface area (Å²) in [5.74, 6) is 0.0811. The first kappa shape index (κ1) is 9.77. The fraction of sp³-hybridized carbons (Fsp3) is 0.556. The molecule has 71 valence electrons. The molecule has 4 nitrogen and oxygen atoms in total. The molecule has 0 aromatic heterocycles. The van der Waals surface area contributed by atoms with Crippen molar-refractivity contribution in [1.29, 1.82) is 0 Å². The molecule has 0 aliphatic carbocycles. The van der Waals surface area contributed by atoms with Gasteiger partial charge in [0.2, 0.25) is 5.84 Å². The molecular formula is C9H14N3O. The Balaban J connectivity index is 2.11. The molecule has 1 rings (SSSR count). The van der Waals surface area contributed by atoms with Gasteiger partial charge in [0.05, 0.1) is 0 Å². The summed E-state index contributed by atoms with van der Waals surface area (Å²) >= 11 is 0. The van der Waals surface area contributed by atoms with Gasteiger partial charge in [-0.3, -0.25) is 4.79 Å². The predicted octanol–water partition coefficient (Wildman–Crippen LogP) is 0.780. The molecule has 1 amide bonds. The van der Waals surface area contributed by atoms with Crippen LogP contribution in [-0.2, 0) is 4.79 Å². The molecule has 1 heterocycles. The maximum absolute atomic E-state index is 11.2. The summed E-state index contributed by atoms with van der Waals surface area (Å²) in [6, 6.07) is 0. The van der Waals surface area contributed by atoms with Crippen LogP contribution in [0, 0.1) is 0 Å². The molecule has 1 aliphatic heterocycles. The van der Waals surface area contributed by atoms with E-state index in [1.54, 1.807) is 0 Å². The largest absolute Gasteiger partial charge is 0.349 e. The first-order chi connectivity index (χ1) is 6.34. The highest BCUT2D eigenvalue weighted by Gasteiger charge is 2.12. The number of amides is 1. The standard InChI is InChI=1S/C9H14N3O/c1-2-3-4-5-12-9(13)8-10-6-7-11-8/h6-7H,2-5H2,1H3,(H,12,13). The Labute approximate surface area is 78.1 Å². The zero-order valence-electron chi connectivity index (χ0n) is 7.79. The van der Waals surface area contributed by atoms with Gasteiger partial charge in [-0.05, 0) is 6.42 Å². The van der Waals surface area contributed by atoms with E-state index in [1.807, 2.05) is 0 Å². The number of amidine groups is 1. The summed E-state index contributed by atoms with van der Waals surface area (Å²) in [4.78, 5) is 15.0. The summed E-state index contributed by atoms with van der Waals surface area (Å²) in [6.45, 7) is 2.84. The van der Waals surface area contributed by atoms with Gasteiger partial charge in [-0.2, -0.15) is 0 Å². The van der Waals surface area contributed by atoms with E-state index >= 15 is 0 Å². The summed E-state index contributed by atoms with van der Waals surface area (Å²) in [7, 11) is 0. The summed E-state index contributed by atoms with van der Waals surface area (Å²) in [6.07, 6.45) is 6.34. The molecule has 0 saturated heterocycles. The van der Waals surface area contributed by atoms with Crippen LogP contribution < -0.4 is 10.6 Å². The van der Waals surface area contributed by atoms with Gasteiger partial charge in [-0.15, -0.1) is 0 Å². The van der Waals surface area contributed by atoms with E-state index in [0.717, 1.165) is 19.3 Å². The second-order valence-corrected chi connectivity index (χ2v) is 2.84. The van der Waals surface area contributed by atoms with Crippen molar-refractivity contribution in [1.82, 2.24) is 10.6 Å². The molecule has 13 heavy (non-hydrogen) atoms. The highest BCUT2D eigenvalue weighted by atomic mass is 16.2. The number of carbonyl (C=O) groups is 1. The maximum atomic E-state index is 11.2. The van der Waals surface area contributed by atoms with Crippen molar-refractivity contribution in [3.8, 4) is 0 Å². The van der Waals surface area contributed by atoms with Crippen LogP contribution in [0.1, 0.15) is 26.2 Å². The van der Waals surface area contributed by atoms with Gasteiger partial charge in [-0.25, -0.2) is 10.3 Å². The number of rotatable bonds is 5. The van der Waals surface area contributed by atoms with Crippen LogP contribution in [0.15, 0.2) is 17.4 Å². The van der Waals surface area contributed by atoms with Crippen LogP contribution in [0.5, 0.6) is 0 Å². The van der Waals surface area contributed by atoms with E-state index in [9.17, 15) is 4.79 Å². The smallest absolute Gasteiger partial charge is 0.289 e. The first-order valence-electron chi connectivity index (χ1n) is 4.56. The van der Waals surface area contributed by atoms with Crippen LogP contribution in [0.2, 0.25) is 0 Å². The third-order valence-electron chi connectivity index (χ3n) is 1.73. The normalized spacial score (nSPS) is 13.8. The fourth-order valence-electron chi connectivity index (χ4n) is 1.01. The molecule has 0 bridgehead atoms. The molecule has 1 aliphatic rings. The van der Waals surface area contributed by atoms with Gasteiger partial charge in [0.15, 0.2) is 0 Å². The van der Waals surface area contributed by atoms with Gasteiger partial charge in [-0.1, -0.05) is 19.8 Å². The molecule has 1 N–H and O–H groups in total. The van der Waals surface area contributed by atoms with E-state index in [1.165, 1.54) is 12.4 Å². The van der Waals surface area contributed by atoms with Crippen LogP contribution in [0.3, 0.4) is 0 Å². The Morgan fingerprint density at radius 2 is 2.31 bits per heavy atom. The number of hydrogen-bond donors (Lipinski definition) is 1. The van der Waals surface area contributed by atoms with Crippen LogP contribution in [-0.4, -0.2) is 18.3 Å². The minimum Gasteiger partial charge on any atom is -0.349 e. The van der Waals surface area contributed by atoms with Crippen LogP contribution >= 0.6 is 0 Å². The zero-order chi connectivity index (χ0) is 9.52. The summed E-state index contributed by atoms with van der Waals surface area (Å²) in [5.41, 5.74) is 0. The van der Waals surface area contributed by atoms with Gasteiger partial charge < -0.3 is 5.32 Å². The average molecular weight is 180 g/mol. The topological polar surface area (TPSA) is 55.6 Å². The molecule has 0 fully saturated rings. The molecule has 0 atom stereocenters. The van der Waals surface area contributed by atoms with E-state index in [4.69, 9.17) is 0 Å². The lowest BCUT2D eigenvalue weighted by Crippen LogP contribution is -2.34. The lowest BCUT2D eigenvalue weighted by molar-refractivity contribution is -0.115. The van der Waals surface area contributed by atoms with E-state index in [-0.39, 0.29) is 11.7 Å². The Hall–Kier alpha value is -1.32. The Morgan fingerprint density at radius 3 is 2.92 bits per heavy atom. The SMILES string of the molecule is CCCCCNC(=O)C1=NC=C[N]1. The molecule has 1 radical (unpaired) electrons. The van der Waals surface area contributed by atoms with Crippen LogP contribution in [0.25, 0.3) is 0 Å². The number of hydrogen-bond acceptors (Lipinski definition) is 2. The minimum absolute atomic E-state index is 0.180. The number of aliphatic imine (C=N–C) groups is 1. The summed E-state index contributed by atoms with van der Waals surface area (Å²) < 4.78 is 0. The highest BCUT2D eigenvalue weighted by molar-refractivity contribution is 6.38. The number of carbonyl (C=O) groups excluding carboxylic acids is 1. The molecule has 0 spiro atoms. The van der Waals surface area contributed by atoms with Gasteiger partial charge in [0.1, 0.15) is 0 Å². The van der Waals surface area contributed by atoms with Crippen molar-refractivity contribution in [3.63, 3.8) is 0 Å². The van der Waals surface area contributed by atoms with Gasteiger partial charge >= 0.3 is 0 Å². The number of nitrogens with one attached hydrogen (secondary N) is 1. The monoisotopic (exact) mass is 180 g/mol. The quantitative estimate of drug-likeness (QED) is 0.624. The molecule has 0 aromatic rings. The van der Waals surface area contributed by atoms with E-state index in [2.05, 4.69) is 22.5 Å². The molecule has 0 saturated carbocycles. The zero-order valence-corrected chi connectivity index (χ0v) is 7.79. The Kier molecular flexibility index (Phi) is 4.02. The molecule has 0 unspecified atom stereocenters. The van der Waals surface area contributed by atoms with Crippen molar-refractivity contribution >= 4 is 11.7 Å². The van der Waals surface area contributed by atoms with Crippen molar-refractivity contribution in [2.24, 2.45) is 4.99 Å². The van der Waals surface area contributed by atoms with Crippen LogP contribution in [0.4, 0.5) is 0 Å². The van der Waals surface area contributed by atoms with E-state index < -0.39 is 0 Å². The molecule has 4 heteroatoms. The van der Waals surface area contributed by atoms with Gasteiger partial charge in [0.25, 0.3) is 5.91 Å². The lowest BCUT2D eigenvalue weighted by Gasteiger charge is -2.02. The Morgan fingerprint density at radius 1 is 1.46 bits per heavy atom. The highest BCUT2D eigenvalue weighted by Crippen LogP contribution is 1.93. The minimum atomic E-state index is -0.180. The lowest BCUT2D eigenvalue weighted by atomic mass is 10.2. The summed E-state index contributed by atoms with van der Waals surface area (Å²) in [5, 5.41) is 6.55. The second-order valence-electron chi connectivity index (χ2n) is 2.84. The van der Waals surface area contributed by atoms with Crippen molar-refractivity contribution in [2.45, 2.75) is 26.2 Å². The Bertz CT molecular complexity index is 233. The van der Waals surface area contributed by atoms with Gasteiger partial charge in [0, 0.05) is 18.9 Å². The van der Waals surface area contributed by atoms with Crippen molar-refractivity contribution < 1.29 is 4.79 Å². The number of nitrogens with zero attached hydrogens (tertiary/aromatic N) is 2. The number of unbranched alkanes of at least 4 members (excludes halogenated alkanes) is 2. The molecular weight excluding hydrogens is 166 g/mol. The predicted molar refractivity (Wildman–Crippen MR) is 51.2 cm³/mol. The maximum Gasteiger partial charge on any atom is 0.289 e. The average Bonchev–Trinajstić information content (AvgIpc) is 2.65. The second kappa shape index (κ2) is 5.35. The fourth-order valence-corrected chi connectivity index (χ4v) is 1.01. The van der Waals surface area contributed by atoms with E-state index in [0.29, 0.717) is 6.54 Å². The first-order valence-corrected chi connectivity index (χ1v) is 4.56.